The first kappa shape index (κ1) is 21.6. The number of fused-ring (bicyclic) bond motifs is 1. The third-order valence-electron chi connectivity index (χ3n) is 6.17. The Balaban J connectivity index is 1.83. The summed E-state index contributed by atoms with van der Waals surface area (Å²) >= 11 is 0. The van der Waals surface area contributed by atoms with Crippen LogP contribution in [0.25, 0.3) is 16.7 Å². The minimum Gasteiger partial charge on any atom is -0.258 e. The number of allylic oxidation sites excluding steroid dienone is 1. The summed E-state index contributed by atoms with van der Waals surface area (Å²) in [6, 6.07) is 47.0. The van der Waals surface area contributed by atoms with Gasteiger partial charge in [-0.3, -0.25) is 5.41 Å². The minimum absolute atomic E-state index is 0.234. The van der Waals surface area contributed by atoms with E-state index in [0.717, 1.165) is 11.1 Å². The molecule has 3 aromatic carbocycles. The first-order valence-electron chi connectivity index (χ1n) is 11.1. The maximum Gasteiger partial charge on any atom is 0.144 e. The number of nitrogens with one attached hydrogen (secondary N) is 1. The van der Waals surface area contributed by atoms with Gasteiger partial charge in [0.2, 0.25) is 0 Å². The third-order valence-corrected chi connectivity index (χ3v) is 10.4. The number of benzene rings is 3. The van der Waals surface area contributed by atoms with Crippen molar-refractivity contribution in [3.05, 3.63) is 133 Å². The molecule has 2 aliphatic carbocycles. The maximum absolute atomic E-state index is 9.31. The van der Waals surface area contributed by atoms with Gasteiger partial charge in [-0.2, -0.15) is 5.26 Å². The van der Waals surface area contributed by atoms with Crippen molar-refractivity contribution < 1.29 is 0 Å². The number of nitriles is 1. The summed E-state index contributed by atoms with van der Waals surface area (Å²) in [5.41, 5.74) is 3.15. The maximum atomic E-state index is 9.31. The number of rotatable bonds is 5. The predicted molar refractivity (Wildman–Crippen MR) is 145 cm³/mol. The molecule has 2 aliphatic rings. The van der Waals surface area contributed by atoms with Crippen LogP contribution < -0.4 is 21.2 Å². The van der Waals surface area contributed by atoms with Crippen LogP contribution in [0.2, 0.25) is 0 Å². The molecule has 0 saturated carbocycles. The Morgan fingerprint density at radius 1 is 0.559 bits per heavy atom. The van der Waals surface area contributed by atoms with E-state index in [1.165, 1.54) is 21.2 Å². The highest BCUT2D eigenvalue weighted by molar-refractivity contribution is 8.01. The van der Waals surface area contributed by atoms with E-state index in [9.17, 15) is 5.26 Å². The van der Waals surface area contributed by atoms with Crippen LogP contribution >= 0.6 is 7.26 Å². The zero-order chi connectivity index (χ0) is 23.4. The summed E-state index contributed by atoms with van der Waals surface area (Å²) in [7, 11) is -2.14. The molecule has 1 N–H and O–H groups in total. The fraction of sp³-hybridized carbons (Fsp3) is 0. The average Bonchev–Trinajstić information content (AvgIpc) is 3.21. The van der Waals surface area contributed by atoms with Gasteiger partial charge in [0.1, 0.15) is 40.1 Å². The summed E-state index contributed by atoms with van der Waals surface area (Å²) in [5, 5.41) is 21.9. The van der Waals surface area contributed by atoms with E-state index in [0.29, 0.717) is 5.56 Å². The van der Waals surface area contributed by atoms with Crippen molar-refractivity contribution in [3.63, 3.8) is 0 Å². The molecule has 3 aromatic rings. The lowest BCUT2D eigenvalue weighted by molar-refractivity contribution is 1.53. The van der Waals surface area contributed by atoms with E-state index in [4.69, 9.17) is 5.41 Å². The van der Waals surface area contributed by atoms with Crippen LogP contribution in [0.15, 0.2) is 127 Å². The Labute approximate surface area is 200 Å². The smallest absolute Gasteiger partial charge is 0.144 e. The van der Waals surface area contributed by atoms with Crippen molar-refractivity contribution in [1.82, 2.24) is 0 Å². The topological polar surface area (TPSA) is 47.6 Å². The molecule has 0 saturated heterocycles. The number of hydrogen-bond donors (Lipinski definition) is 1. The standard InChI is InChI=1S/C31H22N2P/c32-22-27(23-33)24-16-18-25-20-31(21-26(25)19-17-24)34(28-10-4-1-5-11-28,29-12-6-2-7-13-29)30-14-8-3-9-15-30/h1-21,32H/q+1. The van der Waals surface area contributed by atoms with E-state index >= 15 is 0 Å². The Bertz CT molecular complexity index is 1370. The second-order valence-electron chi connectivity index (χ2n) is 8.04. The van der Waals surface area contributed by atoms with Crippen molar-refractivity contribution in [2.45, 2.75) is 0 Å². The molecule has 0 heterocycles. The summed E-state index contributed by atoms with van der Waals surface area (Å²) in [6.45, 7) is 0. The van der Waals surface area contributed by atoms with E-state index in [1.807, 2.05) is 24.3 Å². The second kappa shape index (κ2) is 9.30. The summed E-state index contributed by atoms with van der Waals surface area (Å²) in [6.07, 6.45) is 0. The molecule has 0 amide bonds. The van der Waals surface area contributed by atoms with Gasteiger partial charge < -0.3 is 0 Å². The van der Waals surface area contributed by atoms with E-state index in [2.05, 4.69) is 115 Å². The van der Waals surface area contributed by atoms with Gasteiger partial charge in [0.05, 0.1) is 0 Å². The molecule has 3 heteroatoms. The molecule has 0 fully saturated rings. The molecule has 0 atom stereocenters. The van der Waals surface area contributed by atoms with Crippen molar-refractivity contribution in [2.24, 2.45) is 0 Å². The zero-order valence-corrected chi connectivity index (χ0v) is 19.4. The second-order valence-corrected chi connectivity index (χ2v) is 11.4. The lowest BCUT2D eigenvalue weighted by Crippen LogP contribution is -2.38. The molecule has 0 radical (unpaired) electrons. The molecule has 160 valence electrons. The van der Waals surface area contributed by atoms with Crippen LogP contribution in [0.1, 0.15) is 5.56 Å². The Morgan fingerprint density at radius 3 is 1.32 bits per heavy atom. The SMILES string of the molecule is N#CC(=C=N)c1ccc2cc([P+](c3ccccc3)(c3ccccc3)c3ccccc3)cc-2cc1. The van der Waals surface area contributed by atoms with Crippen LogP contribution in [-0.2, 0) is 0 Å². The van der Waals surface area contributed by atoms with Crippen LogP contribution in [-0.4, -0.2) is 5.87 Å². The summed E-state index contributed by atoms with van der Waals surface area (Å²) in [4.78, 5) is 0. The molecule has 0 bridgehead atoms. The van der Waals surface area contributed by atoms with Crippen LogP contribution in [0.5, 0.6) is 0 Å². The van der Waals surface area contributed by atoms with Gasteiger partial charge >= 0.3 is 0 Å². The first-order valence-corrected chi connectivity index (χ1v) is 12.9. The quantitative estimate of drug-likeness (QED) is 0.211. The van der Waals surface area contributed by atoms with Crippen molar-refractivity contribution in [3.8, 4) is 17.2 Å². The molecular weight excluding hydrogens is 431 g/mol. The normalized spacial score (nSPS) is 10.9. The first-order chi connectivity index (χ1) is 16.8. The molecule has 0 aromatic heterocycles. The van der Waals surface area contributed by atoms with Crippen molar-refractivity contribution >= 4 is 39.9 Å². The highest BCUT2D eigenvalue weighted by atomic mass is 31.2. The van der Waals surface area contributed by atoms with Gasteiger partial charge in [0, 0.05) is 5.56 Å². The van der Waals surface area contributed by atoms with Gasteiger partial charge in [0.15, 0.2) is 0 Å². The molecular formula is C31H22N2P+. The van der Waals surface area contributed by atoms with Crippen molar-refractivity contribution in [1.29, 1.82) is 10.7 Å². The van der Waals surface area contributed by atoms with E-state index in [-0.39, 0.29) is 5.57 Å². The molecule has 0 aliphatic heterocycles. The number of hydrogen-bond acceptors (Lipinski definition) is 2. The minimum atomic E-state index is -2.14. The van der Waals surface area contributed by atoms with Crippen LogP contribution in [0.4, 0.5) is 0 Å². The summed E-state index contributed by atoms with van der Waals surface area (Å²) < 4.78 is 0. The zero-order valence-electron chi connectivity index (χ0n) is 18.5. The average molecular weight is 454 g/mol. The molecule has 2 nitrogen and oxygen atoms in total. The lowest BCUT2D eigenvalue weighted by Gasteiger charge is -2.26. The molecule has 34 heavy (non-hydrogen) atoms. The lowest BCUT2D eigenvalue weighted by atomic mass is 10.1. The largest absolute Gasteiger partial charge is 0.258 e. The molecule has 0 unspecified atom stereocenters. The van der Waals surface area contributed by atoms with Gasteiger partial charge in [0.25, 0.3) is 0 Å². The van der Waals surface area contributed by atoms with E-state index < -0.39 is 7.26 Å². The highest BCUT2D eigenvalue weighted by Gasteiger charge is 2.48. The highest BCUT2D eigenvalue weighted by Crippen LogP contribution is 2.55. The Morgan fingerprint density at radius 2 is 0.971 bits per heavy atom. The third kappa shape index (κ3) is 3.64. The molecule has 5 rings (SSSR count). The predicted octanol–water partition coefficient (Wildman–Crippen LogP) is 5.57. The van der Waals surface area contributed by atoms with Gasteiger partial charge in [-0.15, -0.1) is 0 Å². The van der Waals surface area contributed by atoms with Crippen LogP contribution in [0.3, 0.4) is 0 Å². The van der Waals surface area contributed by atoms with Crippen LogP contribution in [0, 0.1) is 16.7 Å². The molecule has 0 spiro atoms. The van der Waals surface area contributed by atoms with Gasteiger partial charge in [-0.05, 0) is 65.5 Å². The fourth-order valence-electron chi connectivity index (χ4n) is 4.60. The van der Waals surface area contributed by atoms with Crippen molar-refractivity contribution in [2.75, 3.05) is 0 Å². The fourth-order valence-corrected chi connectivity index (χ4v) is 8.92. The monoisotopic (exact) mass is 453 g/mol. The van der Waals surface area contributed by atoms with Gasteiger partial charge in [-0.25, -0.2) is 0 Å². The van der Waals surface area contributed by atoms with Gasteiger partial charge in [-0.1, -0.05) is 78.9 Å². The summed E-state index contributed by atoms with van der Waals surface area (Å²) in [5.74, 6) is 2.24. The Hall–Kier alpha value is -4.27. The number of nitrogens with zero attached hydrogens (tertiary/aromatic N) is 1. The Kier molecular flexibility index (Phi) is 5.90. The van der Waals surface area contributed by atoms with E-state index in [1.54, 1.807) is 0 Å².